The van der Waals surface area contributed by atoms with E-state index in [2.05, 4.69) is 4.31 Å². The highest BCUT2D eigenvalue weighted by molar-refractivity contribution is 7.46. The highest BCUT2D eigenvalue weighted by Crippen LogP contribution is 2.30. The third kappa shape index (κ3) is 24.1. The Bertz CT molecular complexity index is 104. The number of alkyl halides is 2. The summed E-state index contributed by atoms with van der Waals surface area (Å²) in [7, 11) is -6.40. The fraction of sp³-hybridized carbons (Fsp3) is 1.00. The molecular weight excluding hydrogens is 192 g/mol. The summed E-state index contributed by atoms with van der Waals surface area (Å²) in [6.07, 6.45) is 0. The Labute approximate surface area is 56.5 Å². The quantitative estimate of drug-likeness (QED) is 0.636. The predicted molar refractivity (Wildman–Crippen MR) is 30.6 cm³/mol. The van der Waals surface area contributed by atoms with Gasteiger partial charge in [-0.15, -0.1) is 0 Å². The van der Waals surface area contributed by atoms with Gasteiger partial charge in [0.2, 0.25) is 6.93 Å². The van der Waals surface area contributed by atoms with Crippen LogP contribution in [0.1, 0.15) is 0 Å². The van der Waals surface area contributed by atoms with Gasteiger partial charge in [0.05, 0.1) is 0 Å². The molecule has 0 aliphatic carbocycles. The molecule has 0 radical (unpaired) electrons. The molecule has 2 unspecified atom stereocenters. The van der Waals surface area contributed by atoms with Gasteiger partial charge in [-0.05, 0) is 0 Å². The van der Waals surface area contributed by atoms with Crippen molar-refractivity contribution in [3.05, 3.63) is 0 Å². The second-order valence-electron chi connectivity index (χ2n) is 0.735. The average molecular weight is 198 g/mol. The lowest BCUT2D eigenvalue weighted by Gasteiger charge is -1.86. The van der Waals surface area contributed by atoms with Gasteiger partial charge in [-0.25, -0.2) is 13.1 Å². The second kappa shape index (κ2) is 9.20. The van der Waals surface area contributed by atoms with Crippen LogP contribution >= 0.6 is 16.5 Å². The Balaban J connectivity index is 0. The molecule has 0 aliphatic rings. The van der Waals surface area contributed by atoms with Crippen molar-refractivity contribution in [1.82, 2.24) is 0 Å². The van der Waals surface area contributed by atoms with Crippen LogP contribution in [0.5, 0.6) is 0 Å². The van der Waals surface area contributed by atoms with Gasteiger partial charge in [-0.3, -0.25) is 9.13 Å². The van der Waals surface area contributed by atoms with Crippen LogP contribution in [0.15, 0.2) is 0 Å². The zero-order valence-corrected chi connectivity index (χ0v) is 6.58. The van der Waals surface area contributed by atoms with Crippen molar-refractivity contribution in [2.75, 3.05) is 6.93 Å². The standard InChI is InChI=1S/CH2F2.H4O5P2/c2-1-3;1-6(2)5-7(3)4/h1H2;6-7H,(H,1,2)(H,3,4). The Kier molecular flexibility index (Phi) is 11.8. The molecule has 0 spiro atoms. The first-order valence-corrected chi connectivity index (χ1v) is 4.33. The Morgan fingerprint density at radius 1 is 1.20 bits per heavy atom. The average Bonchev–Trinajstić information content (AvgIpc) is 1.62. The van der Waals surface area contributed by atoms with E-state index in [-0.39, 0.29) is 0 Å². The van der Waals surface area contributed by atoms with Crippen molar-refractivity contribution in [2.45, 2.75) is 0 Å². The normalized spacial score (nSPS) is 14.8. The highest BCUT2D eigenvalue weighted by Gasteiger charge is 1.93. The molecule has 0 fully saturated rings. The summed E-state index contributed by atoms with van der Waals surface area (Å²) in [6, 6.07) is 0. The maximum absolute atomic E-state index is 9.62. The maximum Gasteiger partial charge on any atom is 0.323 e. The molecule has 9 heteroatoms. The van der Waals surface area contributed by atoms with Gasteiger partial charge in [0.15, 0.2) is 0 Å². The maximum atomic E-state index is 9.62. The molecule has 5 nitrogen and oxygen atoms in total. The minimum Gasteiger partial charge on any atom is -0.326 e. The molecule has 0 amide bonds. The largest absolute Gasteiger partial charge is 0.326 e. The first kappa shape index (κ1) is 12.8. The van der Waals surface area contributed by atoms with Gasteiger partial charge < -0.3 is 9.79 Å². The van der Waals surface area contributed by atoms with E-state index in [4.69, 9.17) is 9.79 Å². The van der Waals surface area contributed by atoms with E-state index in [0.717, 1.165) is 0 Å². The molecule has 0 heterocycles. The molecule has 0 aromatic carbocycles. The van der Waals surface area contributed by atoms with Crippen LogP contribution in [0, 0.1) is 0 Å². The summed E-state index contributed by atoms with van der Waals surface area (Å²) in [5.74, 6) is 0. The summed E-state index contributed by atoms with van der Waals surface area (Å²) >= 11 is 0. The van der Waals surface area contributed by atoms with Crippen molar-refractivity contribution >= 4 is 16.5 Å². The smallest absolute Gasteiger partial charge is 0.323 e. The van der Waals surface area contributed by atoms with E-state index < -0.39 is 23.4 Å². The van der Waals surface area contributed by atoms with E-state index in [1.165, 1.54) is 0 Å². The van der Waals surface area contributed by atoms with Crippen LogP contribution in [0.4, 0.5) is 8.78 Å². The number of rotatable bonds is 2. The minimum absolute atomic E-state index is 1.75. The van der Waals surface area contributed by atoms with E-state index in [0.29, 0.717) is 0 Å². The van der Waals surface area contributed by atoms with E-state index in [9.17, 15) is 17.9 Å². The zero-order chi connectivity index (χ0) is 8.57. The third-order valence-corrected chi connectivity index (χ3v) is 1.57. The highest BCUT2D eigenvalue weighted by atomic mass is 31.2. The monoisotopic (exact) mass is 198 g/mol. The molecule has 64 valence electrons. The Morgan fingerprint density at radius 3 is 1.40 bits per heavy atom. The molecule has 0 saturated heterocycles. The number of hydrogen-bond acceptors (Lipinski definition) is 3. The summed E-state index contributed by atoms with van der Waals surface area (Å²) in [5.41, 5.74) is 0. The summed E-state index contributed by atoms with van der Waals surface area (Å²) in [4.78, 5) is 15.4. The van der Waals surface area contributed by atoms with Crippen LogP contribution in [-0.2, 0) is 13.4 Å². The van der Waals surface area contributed by atoms with Crippen molar-refractivity contribution < 1.29 is 32.0 Å². The first-order valence-electron chi connectivity index (χ1n) is 1.80. The third-order valence-electron chi connectivity index (χ3n) is 0.175. The van der Waals surface area contributed by atoms with Crippen molar-refractivity contribution in [1.29, 1.82) is 0 Å². The van der Waals surface area contributed by atoms with Gasteiger partial charge in [0.1, 0.15) is 0 Å². The van der Waals surface area contributed by atoms with E-state index in [1.807, 2.05) is 0 Å². The lowest BCUT2D eigenvalue weighted by Crippen LogP contribution is -1.58. The Hall–Kier alpha value is 0.200. The van der Waals surface area contributed by atoms with Crippen LogP contribution in [0.25, 0.3) is 0 Å². The second-order valence-corrected chi connectivity index (χ2v) is 2.62. The van der Waals surface area contributed by atoms with Gasteiger partial charge >= 0.3 is 16.5 Å². The Morgan fingerprint density at radius 2 is 1.40 bits per heavy atom. The molecule has 0 saturated carbocycles. The van der Waals surface area contributed by atoms with Crippen molar-refractivity contribution in [3.8, 4) is 0 Å². The summed E-state index contributed by atoms with van der Waals surface area (Å²) < 4.78 is 41.6. The van der Waals surface area contributed by atoms with E-state index >= 15 is 0 Å². The summed E-state index contributed by atoms with van der Waals surface area (Å²) in [6.45, 7) is -1.75. The van der Waals surface area contributed by atoms with Gasteiger partial charge in [-0.2, -0.15) is 0 Å². The molecule has 0 aromatic heterocycles. The number of halogens is 2. The number of hydrogen-bond donors (Lipinski definition) is 2. The molecular formula is CH6F2O5P2. The summed E-state index contributed by atoms with van der Waals surface area (Å²) in [5, 5.41) is 0. The van der Waals surface area contributed by atoms with Gasteiger partial charge in [0.25, 0.3) is 0 Å². The molecule has 0 aliphatic heterocycles. The predicted octanol–water partition coefficient (Wildman–Crippen LogP) is 0.650. The van der Waals surface area contributed by atoms with Gasteiger partial charge in [-0.1, -0.05) is 0 Å². The van der Waals surface area contributed by atoms with Gasteiger partial charge in [0, 0.05) is 0 Å². The fourth-order valence-electron chi connectivity index (χ4n) is 0.0747. The lowest BCUT2D eigenvalue weighted by atomic mass is 11.7. The molecule has 0 rings (SSSR count). The van der Waals surface area contributed by atoms with Crippen molar-refractivity contribution in [2.24, 2.45) is 0 Å². The molecule has 0 bridgehead atoms. The lowest BCUT2D eigenvalue weighted by molar-refractivity contribution is 0.295. The fourth-order valence-corrected chi connectivity index (χ4v) is 0.672. The van der Waals surface area contributed by atoms with Crippen LogP contribution < -0.4 is 0 Å². The minimum atomic E-state index is -3.20. The topological polar surface area (TPSA) is 83.8 Å². The van der Waals surface area contributed by atoms with Crippen LogP contribution in [0.3, 0.4) is 0 Å². The van der Waals surface area contributed by atoms with Crippen LogP contribution in [-0.4, -0.2) is 16.7 Å². The van der Waals surface area contributed by atoms with Crippen LogP contribution in [0.2, 0.25) is 0 Å². The zero-order valence-electron chi connectivity index (χ0n) is 4.58. The molecule has 2 N–H and O–H groups in total. The molecule has 0 aromatic rings. The SMILES string of the molecule is FCF.O=[PH](O)O[PH](=O)O. The molecule has 10 heavy (non-hydrogen) atoms. The van der Waals surface area contributed by atoms with Crippen molar-refractivity contribution in [3.63, 3.8) is 0 Å². The first-order chi connectivity index (χ1) is 4.54. The van der Waals surface area contributed by atoms with E-state index in [1.54, 1.807) is 0 Å². The molecule has 2 atom stereocenters.